The lowest BCUT2D eigenvalue weighted by Gasteiger charge is -2.07. The standard InChI is InChI=1S/C13H17ClINO3/c1-18-7-8-19-6-2-5-16-13(17)10-3-4-12(15)11(14)9-10/h3-4,9H,2,5-8H2,1H3,(H,16,17). The summed E-state index contributed by atoms with van der Waals surface area (Å²) in [4.78, 5) is 11.8. The van der Waals surface area contributed by atoms with E-state index in [1.54, 1.807) is 19.2 Å². The van der Waals surface area contributed by atoms with Gasteiger partial charge in [-0.25, -0.2) is 0 Å². The normalized spacial score (nSPS) is 10.5. The van der Waals surface area contributed by atoms with Crippen molar-refractivity contribution in [3.8, 4) is 0 Å². The molecule has 0 radical (unpaired) electrons. The minimum Gasteiger partial charge on any atom is -0.382 e. The highest BCUT2D eigenvalue weighted by molar-refractivity contribution is 14.1. The molecule has 0 heterocycles. The van der Waals surface area contributed by atoms with Gasteiger partial charge in [-0.05, 0) is 47.2 Å². The molecule has 0 saturated heterocycles. The van der Waals surface area contributed by atoms with Crippen LogP contribution in [-0.4, -0.2) is 39.4 Å². The molecule has 0 saturated carbocycles. The third-order valence-corrected chi connectivity index (χ3v) is 3.94. The number of halogens is 2. The van der Waals surface area contributed by atoms with Gasteiger partial charge < -0.3 is 14.8 Å². The SMILES string of the molecule is COCCOCCCNC(=O)c1ccc(I)c(Cl)c1. The molecule has 19 heavy (non-hydrogen) atoms. The molecule has 0 unspecified atom stereocenters. The van der Waals surface area contributed by atoms with Gasteiger partial charge >= 0.3 is 0 Å². The number of benzene rings is 1. The first kappa shape index (κ1) is 16.7. The predicted octanol–water partition coefficient (Wildman–Crippen LogP) is 2.73. The molecular weight excluding hydrogens is 381 g/mol. The van der Waals surface area contributed by atoms with Gasteiger partial charge in [0, 0.05) is 29.4 Å². The molecule has 6 heteroatoms. The van der Waals surface area contributed by atoms with E-state index in [4.69, 9.17) is 21.1 Å². The van der Waals surface area contributed by atoms with Crippen molar-refractivity contribution in [1.82, 2.24) is 5.32 Å². The lowest BCUT2D eigenvalue weighted by molar-refractivity contribution is 0.0688. The van der Waals surface area contributed by atoms with Crippen LogP contribution in [0.1, 0.15) is 16.8 Å². The van der Waals surface area contributed by atoms with Gasteiger partial charge in [0.15, 0.2) is 0 Å². The van der Waals surface area contributed by atoms with E-state index >= 15 is 0 Å². The van der Waals surface area contributed by atoms with Gasteiger partial charge in [-0.15, -0.1) is 0 Å². The first-order chi connectivity index (χ1) is 9.15. The molecule has 1 aromatic carbocycles. The molecule has 0 spiro atoms. The van der Waals surface area contributed by atoms with Crippen molar-refractivity contribution in [3.05, 3.63) is 32.4 Å². The molecule has 0 bridgehead atoms. The lowest BCUT2D eigenvalue weighted by Crippen LogP contribution is -2.25. The molecule has 0 aliphatic heterocycles. The molecule has 0 aliphatic rings. The van der Waals surface area contributed by atoms with Crippen LogP contribution in [0.25, 0.3) is 0 Å². The second kappa shape index (κ2) is 9.52. The van der Waals surface area contributed by atoms with Gasteiger partial charge in [-0.3, -0.25) is 4.79 Å². The topological polar surface area (TPSA) is 47.6 Å². The fourth-order valence-electron chi connectivity index (χ4n) is 1.36. The van der Waals surface area contributed by atoms with E-state index < -0.39 is 0 Å². The Bertz CT molecular complexity index is 415. The van der Waals surface area contributed by atoms with Gasteiger partial charge in [0.05, 0.1) is 18.2 Å². The molecule has 0 fully saturated rings. The number of hydrogen-bond donors (Lipinski definition) is 1. The summed E-state index contributed by atoms with van der Waals surface area (Å²) in [5, 5.41) is 3.42. The third-order valence-electron chi connectivity index (χ3n) is 2.36. The van der Waals surface area contributed by atoms with Crippen LogP contribution in [0.5, 0.6) is 0 Å². The maximum absolute atomic E-state index is 11.8. The van der Waals surface area contributed by atoms with Gasteiger partial charge in [-0.1, -0.05) is 11.6 Å². The third kappa shape index (κ3) is 6.56. The number of methoxy groups -OCH3 is 1. The van der Waals surface area contributed by atoms with Crippen LogP contribution in [0.4, 0.5) is 0 Å². The van der Waals surface area contributed by atoms with Crippen molar-refractivity contribution in [1.29, 1.82) is 0 Å². The molecule has 4 nitrogen and oxygen atoms in total. The predicted molar refractivity (Wildman–Crippen MR) is 83.8 cm³/mol. The zero-order valence-electron chi connectivity index (χ0n) is 10.7. The number of rotatable bonds is 8. The number of carbonyl (C=O) groups excluding carboxylic acids is 1. The highest BCUT2D eigenvalue weighted by atomic mass is 127. The summed E-state index contributed by atoms with van der Waals surface area (Å²) in [6, 6.07) is 5.26. The smallest absolute Gasteiger partial charge is 0.251 e. The average molecular weight is 398 g/mol. The molecule has 0 atom stereocenters. The summed E-state index contributed by atoms with van der Waals surface area (Å²) in [5.74, 6) is -0.116. The van der Waals surface area contributed by atoms with E-state index in [0.29, 0.717) is 37.0 Å². The monoisotopic (exact) mass is 397 g/mol. The van der Waals surface area contributed by atoms with Crippen molar-refractivity contribution in [2.45, 2.75) is 6.42 Å². The van der Waals surface area contributed by atoms with Gasteiger partial charge in [0.25, 0.3) is 5.91 Å². The van der Waals surface area contributed by atoms with Crippen LogP contribution < -0.4 is 5.32 Å². The first-order valence-corrected chi connectivity index (χ1v) is 7.40. The number of hydrogen-bond acceptors (Lipinski definition) is 3. The zero-order valence-corrected chi connectivity index (χ0v) is 13.7. The summed E-state index contributed by atoms with van der Waals surface area (Å²) in [6.07, 6.45) is 0.771. The van der Waals surface area contributed by atoms with Crippen molar-refractivity contribution in [2.75, 3.05) is 33.5 Å². The Kier molecular flexibility index (Phi) is 8.36. The minimum atomic E-state index is -0.116. The second-order valence-electron chi connectivity index (χ2n) is 3.84. The number of amides is 1. The largest absolute Gasteiger partial charge is 0.382 e. The molecule has 0 aromatic heterocycles. The molecule has 1 amide bonds. The van der Waals surface area contributed by atoms with Crippen LogP contribution >= 0.6 is 34.2 Å². The van der Waals surface area contributed by atoms with Gasteiger partial charge in [0.2, 0.25) is 0 Å². The Hall–Kier alpha value is -0.370. The summed E-state index contributed by atoms with van der Waals surface area (Å²) >= 11 is 8.10. The van der Waals surface area contributed by atoms with Crippen LogP contribution in [0.15, 0.2) is 18.2 Å². The molecule has 1 N–H and O–H groups in total. The molecule has 0 aliphatic carbocycles. The quantitative estimate of drug-likeness (QED) is 0.542. The number of nitrogens with one attached hydrogen (secondary N) is 1. The second-order valence-corrected chi connectivity index (χ2v) is 5.41. The van der Waals surface area contributed by atoms with E-state index in [-0.39, 0.29) is 5.91 Å². The Morgan fingerprint density at radius 3 is 2.84 bits per heavy atom. The van der Waals surface area contributed by atoms with E-state index in [0.717, 1.165) is 9.99 Å². The molecular formula is C13H17ClINO3. The van der Waals surface area contributed by atoms with E-state index in [1.165, 1.54) is 0 Å². The Labute approximate surface area is 131 Å². The Morgan fingerprint density at radius 1 is 1.37 bits per heavy atom. The van der Waals surface area contributed by atoms with Crippen LogP contribution in [0, 0.1) is 3.57 Å². The summed E-state index contributed by atoms with van der Waals surface area (Å²) in [7, 11) is 1.63. The highest BCUT2D eigenvalue weighted by Gasteiger charge is 2.06. The Balaban J connectivity index is 2.22. The van der Waals surface area contributed by atoms with Crippen LogP contribution in [0.3, 0.4) is 0 Å². The first-order valence-electron chi connectivity index (χ1n) is 5.95. The lowest BCUT2D eigenvalue weighted by atomic mass is 10.2. The van der Waals surface area contributed by atoms with Crippen molar-refractivity contribution in [2.24, 2.45) is 0 Å². The molecule has 1 aromatic rings. The maximum Gasteiger partial charge on any atom is 0.251 e. The summed E-state index contributed by atoms with van der Waals surface area (Å²) in [6.45, 7) is 2.36. The van der Waals surface area contributed by atoms with Crippen molar-refractivity contribution >= 4 is 40.1 Å². The van der Waals surface area contributed by atoms with Crippen molar-refractivity contribution in [3.63, 3.8) is 0 Å². The zero-order chi connectivity index (χ0) is 14.1. The van der Waals surface area contributed by atoms with E-state index in [1.807, 2.05) is 6.07 Å². The fraction of sp³-hybridized carbons (Fsp3) is 0.462. The van der Waals surface area contributed by atoms with Gasteiger partial charge in [0.1, 0.15) is 0 Å². The number of carbonyl (C=O) groups is 1. The number of ether oxygens (including phenoxy) is 2. The average Bonchev–Trinajstić information content (AvgIpc) is 2.40. The molecule has 106 valence electrons. The van der Waals surface area contributed by atoms with Gasteiger partial charge in [-0.2, -0.15) is 0 Å². The highest BCUT2D eigenvalue weighted by Crippen LogP contribution is 2.19. The fourth-order valence-corrected chi connectivity index (χ4v) is 1.88. The minimum absolute atomic E-state index is 0.116. The van der Waals surface area contributed by atoms with Crippen LogP contribution in [-0.2, 0) is 9.47 Å². The van der Waals surface area contributed by atoms with Crippen LogP contribution in [0.2, 0.25) is 5.02 Å². The van der Waals surface area contributed by atoms with E-state index in [2.05, 4.69) is 27.9 Å². The summed E-state index contributed by atoms with van der Waals surface area (Å²) < 4.78 is 11.1. The van der Waals surface area contributed by atoms with Crippen molar-refractivity contribution < 1.29 is 14.3 Å². The maximum atomic E-state index is 11.8. The van der Waals surface area contributed by atoms with E-state index in [9.17, 15) is 4.79 Å². The molecule has 1 rings (SSSR count). The summed E-state index contributed by atoms with van der Waals surface area (Å²) in [5.41, 5.74) is 0.575. The Morgan fingerprint density at radius 2 is 2.16 bits per heavy atom.